The van der Waals surface area contributed by atoms with Crippen LogP contribution in [-0.2, 0) is 6.42 Å². The molecule has 0 saturated carbocycles. The summed E-state index contributed by atoms with van der Waals surface area (Å²) in [5.74, 6) is 0.370. The Kier molecular flexibility index (Phi) is 4.95. The van der Waals surface area contributed by atoms with Crippen molar-refractivity contribution >= 4 is 23.2 Å². The third-order valence-electron chi connectivity index (χ3n) is 3.46. The first-order valence-electron chi connectivity index (χ1n) is 7.36. The van der Waals surface area contributed by atoms with E-state index in [0.29, 0.717) is 16.5 Å². The molecule has 2 aromatic carbocycles. The van der Waals surface area contributed by atoms with Crippen LogP contribution in [0.3, 0.4) is 0 Å². The quantitative estimate of drug-likeness (QED) is 0.729. The van der Waals surface area contributed by atoms with E-state index in [2.05, 4.69) is 20.5 Å². The fraction of sp³-hybridized carbons (Fsp3) is 0.118. The first-order chi connectivity index (χ1) is 12.0. The number of nitrogens with one attached hydrogen (secondary N) is 2. The van der Waals surface area contributed by atoms with Gasteiger partial charge in [0.15, 0.2) is 0 Å². The van der Waals surface area contributed by atoms with Gasteiger partial charge < -0.3 is 10.1 Å². The largest absolute Gasteiger partial charge is 0.495 e. The highest BCUT2D eigenvalue weighted by molar-refractivity contribution is 6.30. The molecule has 6 nitrogen and oxygen atoms in total. The maximum Gasteiger partial charge on any atom is 0.274 e. The highest BCUT2D eigenvalue weighted by Crippen LogP contribution is 2.29. The molecule has 0 aliphatic carbocycles. The van der Waals surface area contributed by atoms with Crippen LogP contribution in [0, 0.1) is 5.82 Å². The van der Waals surface area contributed by atoms with Gasteiger partial charge in [0.1, 0.15) is 17.3 Å². The second-order valence-electron chi connectivity index (χ2n) is 5.22. The van der Waals surface area contributed by atoms with Crippen molar-refractivity contribution in [2.24, 2.45) is 0 Å². The minimum absolute atomic E-state index is 0.161. The number of H-pyrrole nitrogens is 1. The molecule has 3 aromatic rings. The Morgan fingerprint density at radius 2 is 1.96 bits per heavy atom. The van der Waals surface area contributed by atoms with Crippen LogP contribution in [0.1, 0.15) is 11.3 Å². The summed E-state index contributed by atoms with van der Waals surface area (Å²) in [6.45, 7) is 0. The van der Waals surface area contributed by atoms with Gasteiger partial charge in [-0.2, -0.15) is 0 Å². The first kappa shape index (κ1) is 16.9. The second kappa shape index (κ2) is 7.31. The standard InChI is InChI=1S/C17H14ClFN4O2/c1-25-15-7-4-11(18)9-13(15)20-17-21-16(24)14(22-23-17)8-10-2-5-12(19)6-3-10/h2-7,9H,8H2,1H3,(H2,20,21,23,24). The molecule has 128 valence electrons. The first-order valence-corrected chi connectivity index (χ1v) is 7.74. The van der Waals surface area contributed by atoms with Gasteiger partial charge in [-0.05, 0) is 35.9 Å². The third-order valence-corrected chi connectivity index (χ3v) is 3.70. The number of ether oxygens (including phenoxy) is 1. The molecule has 1 heterocycles. The molecule has 0 atom stereocenters. The zero-order valence-corrected chi connectivity index (χ0v) is 14.0. The fourth-order valence-corrected chi connectivity index (χ4v) is 2.41. The smallest absolute Gasteiger partial charge is 0.274 e. The van der Waals surface area contributed by atoms with Gasteiger partial charge in [0.2, 0.25) is 5.95 Å². The summed E-state index contributed by atoms with van der Waals surface area (Å²) in [4.78, 5) is 14.8. The van der Waals surface area contributed by atoms with Crippen LogP contribution >= 0.6 is 11.6 Å². The van der Waals surface area contributed by atoms with Gasteiger partial charge in [0.05, 0.1) is 12.8 Å². The van der Waals surface area contributed by atoms with Gasteiger partial charge in [-0.25, -0.2) is 4.39 Å². The molecule has 3 rings (SSSR count). The Bertz CT molecular complexity index is 944. The molecule has 0 saturated heterocycles. The number of rotatable bonds is 5. The Labute approximate surface area is 147 Å². The number of aromatic nitrogens is 3. The van der Waals surface area contributed by atoms with E-state index in [4.69, 9.17) is 16.3 Å². The van der Waals surface area contributed by atoms with Crippen LogP contribution in [0.5, 0.6) is 5.75 Å². The molecule has 0 spiro atoms. The lowest BCUT2D eigenvalue weighted by atomic mass is 10.1. The molecule has 0 aliphatic rings. The predicted molar refractivity (Wildman–Crippen MR) is 93.1 cm³/mol. The van der Waals surface area contributed by atoms with Crippen molar-refractivity contribution in [1.29, 1.82) is 0 Å². The molecule has 0 radical (unpaired) electrons. The molecule has 0 amide bonds. The number of halogens is 2. The van der Waals surface area contributed by atoms with E-state index in [1.165, 1.54) is 19.2 Å². The lowest BCUT2D eigenvalue weighted by molar-refractivity contribution is 0.417. The summed E-state index contributed by atoms with van der Waals surface area (Å²) in [6.07, 6.45) is 0.253. The molecular formula is C17H14ClFN4O2. The lowest BCUT2D eigenvalue weighted by Gasteiger charge is -2.10. The summed E-state index contributed by atoms with van der Waals surface area (Å²) < 4.78 is 18.2. The topological polar surface area (TPSA) is 79.9 Å². The van der Waals surface area contributed by atoms with Crippen LogP contribution in [-0.4, -0.2) is 22.3 Å². The maximum absolute atomic E-state index is 12.9. The van der Waals surface area contributed by atoms with Crippen molar-refractivity contribution in [3.63, 3.8) is 0 Å². The van der Waals surface area contributed by atoms with E-state index in [1.54, 1.807) is 30.3 Å². The fourth-order valence-electron chi connectivity index (χ4n) is 2.23. The molecule has 25 heavy (non-hydrogen) atoms. The normalized spacial score (nSPS) is 10.5. The molecule has 0 unspecified atom stereocenters. The predicted octanol–water partition coefficient (Wildman–Crippen LogP) is 3.30. The molecule has 1 aromatic heterocycles. The molecule has 8 heteroatoms. The number of nitrogens with zero attached hydrogens (tertiary/aromatic N) is 2. The molecule has 0 fully saturated rings. The van der Waals surface area contributed by atoms with Crippen LogP contribution in [0.25, 0.3) is 0 Å². The molecule has 0 aliphatic heterocycles. The number of hydrogen-bond donors (Lipinski definition) is 2. The number of aromatic amines is 1. The molecule has 2 N–H and O–H groups in total. The number of methoxy groups -OCH3 is 1. The van der Waals surface area contributed by atoms with Crippen molar-refractivity contribution in [3.05, 3.63) is 74.9 Å². The maximum atomic E-state index is 12.9. The second-order valence-corrected chi connectivity index (χ2v) is 5.66. The third kappa shape index (κ3) is 4.13. The van der Waals surface area contributed by atoms with Crippen molar-refractivity contribution in [2.45, 2.75) is 6.42 Å². The van der Waals surface area contributed by atoms with E-state index < -0.39 is 0 Å². The van der Waals surface area contributed by atoms with Crippen LogP contribution in [0.15, 0.2) is 47.3 Å². The van der Waals surface area contributed by atoms with Crippen molar-refractivity contribution in [3.8, 4) is 5.75 Å². The van der Waals surface area contributed by atoms with Gasteiger partial charge >= 0.3 is 0 Å². The van der Waals surface area contributed by atoms with Crippen LogP contribution < -0.4 is 15.6 Å². The SMILES string of the molecule is COc1ccc(Cl)cc1Nc1nnc(Cc2ccc(F)cc2)c(=O)[nH]1. The highest BCUT2D eigenvalue weighted by Gasteiger charge is 2.09. The Morgan fingerprint density at radius 1 is 1.20 bits per heavy atom. The average Bonchev–Trinajstić information content (AvgIpc) is 2.59. The van der Waals surface area contributed by atoms with Gasteiger partial charge in [0.25, 0.3) is 5.56 Å². The van der Waals surface area contributed by atoms with Crippen LogP contribution in [0.2, 0.25) is 5.02 Å². The number of hydrogen-bond acceptors (Lipinski definition) is 5. The Balaban J connectivity index is 1.81. The number of benzene rings is 2. The van der Waals surface area contributed by atoms with E-state index in [0.717, 1.165) is 5.56 Å². The highest BCUT2D eigenvalue weighted by atomic mass is 35.5. The monoisotopic (exact) mass is 360 g/mol. The Morgan fingerprint density at radius 3 is 2.64 bits per heavy atom. The van der Waals surface area contributed by atoms with Crippen molar-refractivity contribution in [1.82, 2.24) is 15.2 Å². The average molecular weight is 361 g/mol. The van der Waals surface area contributed by atoms with E-state index in [9.17, 15) is 9.18 Å². The van der Waals surface area contributed by atoms with Crippen molar-refractivity contribution < 1.29 is 9.13 Å². The summed E-state index contributed by atoms with van der Waals surface area (Å²) in [5.41, 5.74) is 1.16. The summed E-state index contributed by atoms with van der Waals surface area (Å²) in [7, 11) is 1.52. The van der Waals surface area contributed by atoms with Gasteiger partial charge in [-0.3, -0.25) is 9.78 Å². The van der Waals surface area contributed by atoms with E-state index in [-0.39, 0.29) is 29.4 Å². The van der Waals surface area contributed by atoms with E-state index in [1.807, 2.05) is 0 Å². The van der Waals surface area contributed by atoms with E-state index >= 15 is 0 Å². The zero-order chi connectivity index (χ0) is 17.8. The Hall–Kier alpha value is -2.93. The van der Waals surface area contributed by atoms with Gasteiger partial charge in [0, 0.05) is 11.4 Å². The zero-order valence-electron chi connectivity index (χ0n) is 13.2. The summed E-state index contributed by atoms with van der Waals surface area (Å²) in [6, 6.07) is 10.9. The van der Waals surface area contributed by atoms with Gasteiger partial charge in [-0.1, -0.05) is 23.7 Å². The molecular weight excluding hydrogens is 347 g/mol. The van der Waals surface area contributed by atoms with Gasteiger partial charge in [-0.15, -0.1) is 10.2 Å². The van der Waals surface area contributed by atoms with Crippen LogP contribution in [0.4, 0.5) is 16.0 Å². The molecule has 0 bridgehead atoms. The minimum Gasteiger partial charge on any atom is -0.495 e. The lowest BCUT2D eigenvalue weighted by Crippen LogP contribution is -2.19. The minimum atomic E-state index is -0.386. The van der Waals surface area contributed by atoms with Crippen molar-refractivity contribution in [2.75, 3.05) is 12.4 Å². The summed E-state index contributed by atoms with van der Waals surface area (Å²) in [5, 5.41) is 11.3. The number of anilines is 2. The summed E-state index contributed by atoms with van der Waals surface area (Å²) >= 11 is 5.97.